The molecule has 2 N–H and O–H groups in total. The van der Waals surface area contributed by atoms with Crippen molar-refractivity contribution in [1.29, 1.82) is 0 Å². The van der Waals surface area contributed by atoms with Gasteiger partial charge < -0.3 is 20.1 Å². The van der Waals surface area contributed by atoms with Gasteiger partial charge >= 0.3 is 11.8 Å². The van der Waals surface area contributed by atoms with Crippen molar-refractivity contribution in [2.75, 3.05) is 33.4 Å². The zero-order valence-electron chi connectivity index (χ0n) is 10.9. The fourth-order valence-corrected chi connectivity index (χ4v) is 2.19. The summed E-state index contributed by atoms with van der Waals surface area (Å²) in [5, 5.41) is 11.5. The van der Waals surface area contributed by atoms with E-state index < -0.39 is 11.8 Å². The number of nitrogens with zero attached hydrogens (tertiary/aromatic N) is 1. The first-order valence-corrected chi connectivity index (χ1v) is 6.39. The van der Waals surface area contributed by atoms with Gasteiger partial charge in [-0.3, -0.25) is 9.59 Å². The summed E-state index contributed by atoms with van der Waals surface area (Å²) in [6.07, 6.45) is 3.35. The average Bonchev–Trinajstić information content (AvgIpc) is 2.39. The second kappa shape index (κ2) is 8.05. The highest BCUT2D eigenvalue weighted by Crippen LogP contribution is 2.19. The number of rotatable bonds is 5. The Morgan fingerprint density at radius 3 is 2.89 bits per heavy atom. The third kappa shape index (κ3) is 4.27. The van der Waals surface area contributed by atoms with E-state index in [1.54, 1.807) is 4.90 Å². The molecule has 0 bridgehead atoms. The summed E-state index contributed by atoms with van der Waals surface area (Å²) in [5.74, 6) is -1.08. The van der Waals surface area contributed by atoms with Crippen LogP contribution in [0.25, 0.3) is 0 Å². The summed E-state index contributed by atoms with van der Waals surface area (Å²) < 4.78 is 4.80. The van der Waals surface area contributed by atoms with Gasteiger partial charge in [0.25, 0.3) is 0 Å². The van der Waals surface area contributed by atoms with Crippen molar-refractivity contribution in [3.63, 3.8) is 0 Å². The first-order valence-electron chi connectivity index (χ1n) is 6.39. The van der Waals surface area contributed by atoms with Crippen LogP contribution >= 0.6 is 0 Å². The lowest BCUT2D eigenvalue weighted by Gasteiger charge is -2.34. The van der Waals surface area contributed by atoms with Gasteiger partial charge in [0.1, 0.15) is 0 Å². The Hall–Kier alpha value is -1.14. The molecule has 104 valence electrons. The van der Waals surface area contributed by atoms with Crippen molar-refractivity contribution in [2.45, 2.75) is 31.7 Å². The molecule has 0 aromatic heterocycles. The number of likely N-dealkylation sites (tertiary alicyclic amines) is 1. The van der Waals surface area contributed by atoms with Gasteiger partial charge in [0, 0.05) is 32.8 Å². The molecule has 0 radical (unpaired) electrons. The van der Waals surface area contributed by atoms with Crippen LogP contribution in [0, 0.1) is 0 Å². The standard InChI is InChI=1S/C12H22N2O4/c1-18-9-6-13-11(16)12(17)14-7-3-2-4-10(14)5-8-15/h10,15H,2-9H2,1H3,(H,13,16). The maximum Gasteiger partial charge on any atom is 0.312 e. The Morgan fingerprint density at radius 2 is 2.22 bits per heavy atom. The van der Waals surface area contributed by atoms with E-state index >= 15 is 0 Å². The molecular weight excluding hydrogens is 236 g/mol. The number of aliphatic hydroxyl groups excluding tert-OH is 1. The molecule has 6 heteroatoms. The van der Waals surface area contributed by atoms with Crippen LogP contribution in [0.1, 0.15) is 25.7 Å². The summed E-state index contributed by atoms with van der Waals surface area (Å²) in [4.78, 5) is 25.2. The zero-order chi connectivity index (χ0) is 13.4. The number of hydrogen-bond donors (Lipinski definition) is 2. The highest BCUT2D eigenvalue weighted by atomic mass is 16.5. The maximum absolute atomic E-state index is 12.0. The van der Waals surface area contributed by atoms with Crippen molar-refractivity contribution < 1.29 is 19.4 Å². The molecule has 6 nitrogen and oxygen atoms in total. The number of hydrogen-bond acceptors (Lipinski definition) is 4. The maximum atomic E-state index is 12.0. The minimum Gasteiger partial charge on any atom is -0.396 e. The van der Waals surface area contributed by atoms with E-state index in [1.165, 1.54) is 7.11 Å². The van der Waals surface area contributed by atoms with Crippen molar-refractivity contribution in [2.24, 2.45) is 0 Å². The number of ether oxygens (including phenoxy) is 1. The minimum absolute atomic E-state index is 0.00979. The highest BCUT2D eigenvalue weighted by molar-refractivity contribution is 6.35. The van der Waals surface area contributed by atoms with Crippen LogP contribution in [0.4, 0.5) is 0 Å². The first kappa shape index (κ1) is 14.9. The number of aliphatic hydroxyl groups is 1. The van der Waals surface area contributed by atoms with E-state index in [0.717, 1.165) is 19.3 Å². The molecule has 0 aromatic carbocycles. The third-order valence-corrected chi connectivity index (χ3v) is 3.14. The monoisotopic (exact) mass is 258 g/mol. The van der Waals surface area contributed by atoms with Gasteiger partial charge in [-0.05, 0) is 25.7 Å². The molecule has 0 spiro atoms. The van der Waals surface area contributed by atoms with Crippen LogP contribution in [-0.4, -0.2) is 61.3 Å². The summed E-state index contributed by atoms with van der Waals surface area (Å²) in [7, 11) is 1.54. The molecular formula is C12H22N2O4. The van der Waals surface area contributed by atoms with Crippen LogP contribution in [0.2, 0.25) is 0 Å². The largest absolute Gasteiger partial charge is 0.396 e. The van der Waals surface area contributed by atoms with Gasteiger partial charge in [0.05, 0.1) is 6.61 Å². The van der Waals surface area contributed by atoms with Crippen LogP contribution in [0.5, 0.6) is 0 Å². The van der Waals surface area contributed by atoms with Gasteiger partial charge in [-0.15, -0.1) is 0 Å². The summed E-state index contributed by atoms with van der Waals surface area (Å²) in [5.41, 5.74) is 0. The lowest BCUT2D eigenvalue weighted by atomic mass is 9.99. The fourth-order valence-electron chi connectivity index (χ4n) is 2.19. The Kier molecular flexibility index (Phi) is 6.67. The number of nitrogens with one attached hydrogen (secondary N) is 1. The van der Waals surface area contributed by atoms with Gasteiger partial charge in [0.2, 0.25) is 0 Å². The molecule has 0 aromatic rings. The normalized spacial score (nSPS) is 19.7. The van der Waals surface area contributed by atoms with E-state index in [0.29, 0.717) is 26.1 Å². The van der Waals surface area contributed by atoms with Crippen molar-refractivity contribution in [3.05, 3.63) is 0 Å². The molecule has 1 unspecified atom stereocenters. The van der Waals surface area contributed by atoms with E-state index in [2.05, 4.69) is 5.32 Å². The summed E-state index contributed by atoms with van der Waals surface area (Å²) in [6.45, 7) is 1.36. The summed E-state index contributed by atoms with van der Waals surface area (Å²) >= 11 is 0. The average molecular weight is 258 g/mol. The number of amides is 2. The topological polar surface area (TPSA) is 78.9 Å². The Balaban J connectivity index is 2.48. The lowest BCUT2D eigenvalue weighted by Crippen LogP contribution is -2.50. The number of piperidine rings is 1. The molecule has 0 aliphatic carbocycles. The zero-order valence-corrected chi connectivity index (χ0v) is 10.9. The van der Waals surface area contributed by atoms with E-state index in [-0.39, 0.29) is 12.6 Å². The van der Waals surface area contributed by atoms with Crippen molar-refractivity contribution >= 4 is 11.8 Å². The SMILES string of the molecule is COCCNC(=O)C(=O)N1CCCCC1CCO. The van der Waals surface area contributed by atoms with Crippen LogP contribution < -0.4 is 5.32 Å². The Bertz CT molecular complexity index is 281. The van der Waals surface area contributed by atoms with E-state index in [1.807, 2.05) is 0 Å². The smallest absolute Gasteiger partial charge is 0.312 e. The molecule has 2 amide bonds. The number of methoxy groups -OCH3 is 1. The lowest BCUT2D eigenvalue weighted by molar-refractivity contribution is -0.148. The Morgan fingerprint density at radius 1 is 1.44 bits per heavy atom. The molecule has 1 rings (SSSR count). The quantitative estimate of drug-likeness (QED) is 0.515. The van der Waals surface area contributed by atoms with Gasteiger partial charge in [-0.2, -0.15) is 0 Å². The molecule has 1 atom stereocenters. The third-order valence-electron chi connectivity index (χ3n) is 3.14. The number of carbonyl (C=O) groups is 2. The molecule has 1 saturated heterocycles. The van der Waals surface area contributed by atoms with Gasteiger partial charge in [-0.1, -0.05) is 0 Å². The van der Waals surface area contributed by atoms with Crippen molar-refractivity contribution in [1.82, 2.24) is 10.2 Å². The molecule has 1 fully saturated rings. The van der Waals surface area contributed by atoms with E-state index in [4.69, 9.17) is 9.84 Å². The molecule has 1 aliphatic heterocycles. The second-order valence-electron chi connectivity index (χ2n) is 4.41. The van der Waals surface area contributed by atoms with Crippen molar-refractivity contribution in [3.8, 4) is 0 Å². The molecule has 0 saturated carbocycles. The second-order valence-corrected chi connectivity index (χ2v) is 4.41. The molecule has 1 aliphatic rings. The predicted molar refractivity (Wildman–Crippen MR) is 65.9 cm³/mol. The summed E-state index contributed by atoms with van der Waals surface area (Å²) in [6, 6.07) is -0.00979. The van der Waals surface area contributed by atoms with E-state index in [9.17, 15) is 9.59 Å². The molecule has 1 heterocycles. The van der Waals surface area contributed by atoms with Gasteiger partial charge in [-0.25, -0.2) is 0 Å². The Labute approximate surface area is 107 Å². The van der Waals surface area contributed by atoms with Crippen LogP contribution in [-0.2, 0) is 14.3 Å². The molecule has 18 heavy (non-hydrogen) atoms. The minimum atomic E-state index is -0.586. The predicted octanol–water partition coefficient (Wildman–Crippen LogP) is -0.487. The first-order chi connectivity index (χ1) is 8.70. The number of carbonyl (C=O) groups excluding carboxylic acids is 2. The fraction of sp³-hybridized carbons (Fsp3) is 0.833. The van der Waals surface area contributed by atoms with Crippen LogP contribution in [0.15, 0.2) is 0 Å². The van der Waals surface area contributed by atoms with Gasteiger partial charge in [0.15, 0.2) is 0 Å². The van der Waals surface area contributed by atoms with Crippen LogP contribution in [0.3, 0.4) is 0 Å². The highest BCUT2D eigenvalue weighted by Gasteiger charge is 2.29.